The van der Waals surface area contributed by atoms with Crippen LogP contribution in [-0.4, -0.2) is 12.1 Å². The minimum absolute atomic E-state index is 0.487. The summed E-state index contributed by atoms with van der Waals surface area (Å²) in [6.07, 6.45) is 3.71. The average Bonchev–Trinajstić information content (AvgIpc) is 2.90. The van der Waals surface area contributed by atoms with Gasteiger partial charge in [-0.25, -0.2) is 0 Å². The molecule has 0 radical (unpaired) electrons. The molecule has 2 aromatic carbocycles. The summed E-state index contributed by atoms with van der Waals surface area (Å²) in [5.41, 5.74) is 2.38. The molecule has 0 aromatic heterocycles. The SMILES string of the molecule is Sc1ccc(N[C@H]2CCC[C@@H]2Nc2ccccc2)cc1. The molecule has 2 atom stereocenters. The number of hydrogen-bond acceptors (Lipinski definition) is 3. The van der Waals surface area contributed by atoms with Crippen molar-refractivity contribution in [2.45, 2.75) is 36.2 Å². The Hall–Kier alpha value is -1.61. The molecule has 0 bridgehead atoms. The summed E-state index contributed by atoms with van der Waals surface area (Å²) in [6.45, 7) is 0. The molecule has 0 amide bonds. The van der Waals surface area contributed by atoms with Crippen molar-refractivity contribution in [3.8, 4) is 0 Å². The summed E-state index contributed by atoms with van der Waals surface area (Å²) in [5, 5.41) is 7.29. The van der Waals surface area contributed by atoms with Crippen LogP contribution in [0.4, 0.5) is 11.4 Å². The first-order valence-electron chi connectivity index (χ1n) is 7.18. The summed E-state index contributed by atoms with van der Waals surface area (Å²) in [5.74, 6) is 0. The topological polar surface area (TPSA) is 24.1 Å². The molecule has 0 unspecified atom stereocenters. The van der Waals surface area contributed by atoms with Crippen molar-refractivity contribution in [2.24, 2.45) is 0 Å². The third kappa shape index (κ3) is 3.28. The van der Waals surface area contributed by atoms with E-state index in [1.807, 2.05) is 12.1 Å². The molecular formula is C17H20N2S. The van der Waals surface area contributed by atoms with Crippen molar-refractivity contribution in [1.82, 2.24) is 0 Å². The highest BCUT2D eigenvalue weighted by atomic mass is 32.1. The van der Waals surface area contributed by atoms with Gasteiger partial charge in [-0.1, -0.05) is 18.2 Å². The zero-order valence-corrected chi connectivity index (χ0v) is 12.3. The fraction of sp³-hybridized carbons (Fsp3) is 0.294. The van der Waals surface area contributed by atoms with Crippen molar-refractivity contribution >= 4 is 24.0 Å². The van der Waals surface area contributed by atoms with E-state index in [-0.39, 0.29) is 0 Å². The van der Waals surface area contributed by atoms with E-state index >= 15 is 0 Å². The van der Waals surface area contributed by atoms with Gasteiger partial charge in [-0.15, -0.1) is 12.6 Å². The smallest absolute Gasteiger partial charge is 0.0462 e. The van der Waals surface area contributed by atoms with E-state index < -0.39 is 0 Å². The Bertz CT molecular complexity index is 539. The van der Waals surface area contributed by atoms with Gasteiger partial charge in [0.15, 0.2) is 0 Å². The standard InChI is InChI=1S/C17H20N2S/c20-15-11-9-14(10-12-15)19-17-8-4-7-16(17)18-13-5-2-1-3-6-13/h1-3,5-6,9-12,16-20H,4,7-8H2/t16-,17-/m0/s1. The quantitative estimate of drug-likeness (QED) is 0.724. The molecule has 1 saturated carbocycles. The number of rotatable bonds is 4. The zero-order valence-electron chi connectivity index (χ0n) is 11.4. The van der Waals surface area contributed by atoms with Gasteiger partial charge in [0.1, 0.15) is 0 Å². The maximum Gasteiger partial charge on any atom is 0.0462 e. The van der Waals surface area contributed by atoms with Crippen LogP contribution in [0.3, 0.4) is 0 Å². The van der Waals surface area contributed by atoms with Gasteiger partial charge in [-0.05, 0) is 55.7 Å². The van der Waals surface area contributed by atoms with E-state index in [4.69, 9.17) is 0 Å². The van der Waals surface area contributed by atoms with Crippen molar-refractivity contribution in [3.05, 3.63) is 54.6 Å². The summed E-state index contributed by atoms with van der Waals surface area (Å²) in [7, 11) is 0. The first kappa shape index (κ1) is 13.4. The summed E-state index contributed by atoms with van der Waals surface area (Å²) < 4.78 is 0. The Kier molecular flexibility index (Phi) is 4.16. The van der Waals surface area contributed by atoms with Gasteiger partial charge in [0.05, 0.1) is 0 Å². The van der Waals surface area contributed by atoms with Gasteiger partial charge < -0.3 is 10.6 Å². The zero-order chi connectivity index (χ0) is 13.8. The number of anilines is 2. The molecule has 20 heavy (non-hydrogen) atoms. The van der Waals surface area contributed by atoms with E-state index in [1.165, 1.54) is 30.6 Å². The van der Waals surface area contributed by atoms with Gasteiger partial charge in [0, 0.05) is 28.4 Å². The lowest BCUT2D eigenvalue weighted by Crippen LogP contribution is -2.34. The molecule has 2 aromatic rings. The Labute approximate surface area is 126 Å². The third-order valence-electron chi connectivity index (χ3n) is 3.86. The molecule has 1 aliphatic rings. The van der Waals surface area contributed by atoms with E-state index in [0.29, 0.717) is 12.1 Å². The number of thiol groups is 1. The predicted octanol–water partition coefficient (Wildman–Crippen LogP) is 4.42. The molecule has 2 nitrogen and oxygen atoms in total. The third-order valence-corrected chi connectivity index (χ3v) is 4.16. The molecule has 0 spiro atoms. The van der Waals surface area contributed by atoms with Gasteiger partial charge >= 0.3 is 0 Å². The highest BCUT2D eigenvalue weighted by Gasteiger charge is 2.26. The van der Waals surface area contributed by atoms with Crippen LogP contribution >= 0.6 is 12.6 Å². The van der Waals surface area contributed by atoms with Gasteiger partial charge in [-0.2, -0.15) is 0 Å². The fourth-order valence-electron chi connectivity index (χ4n) is 2.83. The average molecular weight is 284 g/mol. The molecule has 1 aliphatic carbocycles. The Morgan fingerprint density at radius 3 is 1.90 bits per heavy atom. The molecule has 104 valence electrons. The summed E-state index contributed by atoms with van der Waals surface area (Å²) in [4.78, 5) is 1.00. The Balaban J connectivity index is 1.65. The monoisotopic (exact) mass is 284 g/mol. The van der Waals surface area contributed by atoms with Crippen LogP contribution in [0.1, 0.15) is 19.3 Å². The lowest BCUT2D eigenvalue weighted by molar-refractivity contribution is 0.677. The van der Waals surface area contributed by atoms with E-state index in [1.54, 1.807) is 0 Å². The van der Waals surface area contributed by atoms with Gasteiger partial charge in [0.2, 0.25) is 0 Å². The lowest BCUT2D eigenvalue weighted by atomic mass is 10.1. The minimum atomic E-state index is 0.487. The van der Waals surface area contributed by atoms with Crippen LogP contribution in [0.5, 0.6) is 0 Å². The van der Waals surface area contributed by atoms with Gasteiger partial charge in [0.25, 0.3) is 0 Å². The molecule has 0 saturated heterocycles. The Morgan fingerprint density at radius 1 is 0.750 bits per heavy atom. The normalized spacial score (nSPS) is 21.6. The van der Waals surface area contributed by atoms with E-state index in [9.17, 15) is 0 Å². The van der Waals surface area contributed by atoms with Crippen molar-refractivity contribution in [2.75, 3.05) is 10.6 Å². The van der Waals surface area contributed by atoms with Crippen molar-refractivity contribution in [3.63, 3.8) is 0 Å². The van der Waals surface area contributed by atoms with Crippen LogP contribution < -0.4 is 10.6 Å². The van der Waals surface area contributed by atoms with Crippen molar-refractivity contribution in [1.29, 1.82) is 0 Å². The first-order chi connectivity index (χ1) is 9.81. The maximum atomic E-state index is 4.32. The molecule has 2 N–H and O–H groups in total. The minimum Gasteiger partial charge on any atom is -0.380 e. The second kappa shape index (κ2) is 6.23. The van der Waals surface area contributed by atoms with E-state index in [0.717, 1.165) is 4.90 Å². The molecule has 0 aliphatic heterocycles. The Morgan fingerprint density at radius 2 is 1.30 bits per heavy atom. The molecule has 3 heteroatoms. The van der Waals surface area contributed by atoms with Crippen LogP contribution in [-0.2, 0) is 0 Å². The number of nitrogens with one attached hydrogen (secondary N) is 2. The molecular weight excluding hydrogens is 264 g/mol. The van der Waals surface area contributed by atoms with Crippen molar-refractivity contribution < 1.29 is 0 Å². The summed E-state index contributed by atoms with van der Waals surface area (Å²) >= 11 is 4.32. The number of para-hydroxylation sites is 1. The fourth-order valence-corrected chi connectivity index (χ4v) is 2.97. The molecule has 0 heterocycles. The van der Waals surface area contributed by atoms with Crippen LogP contribution in [0.2, 0.25) is 0 Å². The van der Waals surface area contributed by atoms with Crippen LogP contribution in [0.15, 0.2) is 59.5 Å². The lowest BCUT2D eigenvalue weighted by Gasteiger charge is -2.24. The second-order valence-corrected chi connectivity index (χ2v) is 5.86. The van der Waals surface area contributed by atoms with Crippen LogP contribution in [0.25, 0.3) is 0 Å². The van der Waals surface area contributed by atoms with Crippen LogP contribution in [0, 0.1) is 0 Å². The van der Waals surface area contributed by atoms with Gasteiger partial charge in [-0.3, -0.25) is 0 Å². The second-order valence-electron chi connectivity index (χ2n) is 5.35. The highest BCUT2D eigenvalue weighted by molar-refractivity contribution is 7.80. The largest absolute Gasteiger partial charge is 0.380 e. The predicted molar refractivity (Wildman–Crippen MR) is 88.8 cm³/mol. The number of benzene rings is 2. The highest BCUT2D eigenvalue weighted by Crippen LogP contribution is 2.26. The maximum absolute atomic E-state index is 4.32. The molecule has 3 rings (SSSR count). The van der Waals surface area contributed by atoms with E-state index in [2.05, 4.69) is 65.7 Å². The summed E-state index contributed by atoms with van der Waals surface area (Å²) in [6, 6.07) is 19.7. The first-order valence-corrected chi connectivity index (χ1v) is 7.63. The number of hydrogen-bond donors (Lipinski definition) is 3. The molecule has 1 fully saturated rings.